The maximum Gasteiger partial charge on any atom is 0.252 e. The molecule has 2 aliphatic heterocycles. The third kappa shape index (κ3) is 2.93. The van der Waals surface area contributed by atoms with E-state index in [9.17, 15) is 4.79 Å². The van der Waals surface area contributed by atoms with Crippen LogP contribution in [-0.4, -0.2) is 51.4 Å². The quantitative estimate of drug-likeness (QED) is 0.841. The molecule has 0 unspecified atom stereocenters. The number of amides is 1. The number of fused-ring (bicyclic) bond motifs is 1. The minimum Gasteiger partial charge on any atom is -0.422 e. The number of rotatable bonds is 3. The lowest BCUT2D eigenvalue weighted by Gasteiger charge is -2.49. The van der Waals surface area contributed by atoms with Crippen LogP contribution in [0.2, 0.25) is 0 Å². The van der Waals surface area contributed by atoms with E-state index < -0.39 is 0 Å². The second kappa shape index (κ2) is 6.52. The van der Waals surface area contributed by atoms with Gasteiger partial charge in [0.25, 0.3) is 5.71 Å². The molecule has 2 aromatic heterocycles. The van der Waals surface area contributed by atoms with Crippen LogP contribution in [0.4, 0.5) is 5.82 Å². The summed E-state index contributed by atoms with van der Waals surface area (Å²) < 4.78 is 5.71. The van der Waals surface area contributed by atoms with Crippen LogP contribution in [-0.2, 0) is 11.2 Å². The first-order valence-electron chi connectivity index (χ1n) is 9.66. The summed E-state index contributed by atoms with van der Waals surface area (Å²) in [4.78, 5) is 30.0. The number of likely N-dealkylation sites (tertiary alicyclic amines) is 1. The van der Waals surface area contributed by atoms with Gasteiger partial charge in [-0.1, -0.05) is 6.92 Å². The average Bonchev–Trinajstić information content (AvgIpc) is 3.07. The van der Waals surface area contributed by atoms with Crippen molar-refractivity contribution < 1.29 is 9.21 Å². The van der Waals surface area contributed by atoms with E-state index in [1.54, 1.807) is 6.33 Å². The van der Waals surface area contributed by atoms with E-state index in [1.165, 1.54) is 0 Å². The highest BCUT2D eigenvalue weighted by Gasteiger charge is 2.43. The van der Waals surface area contributed by atoms with E-state index >= 15 is 0 Å². The number of anilines is 1. The summed E-state index contributed by atoms with van der Waals surface area (Å²) in [6.45, 7) is 8.93. The van der Waals surface area contributed by atoms with Gasteiger partial charge < -0.3 is 14.2 Å². The zero-order chi connectivity index (χ0) is 18.3. The van der Waals surface area contributed by atoms with Crippen molar-refractivity contribution in [2.75, 3.05) is 24.5 Å². The fraction of sp³-hybridized carbons (Fsp3) is 0.684. The molecule has 26 heavy (non-hydrogen) atoms. The Labute approximate surface area is 153 Å². The third-order valence-electron chi connectivity index (χ3n) is 5.80. The first-order chi connectivity index (χ1) is 12.5. The van der Waals surface area contributed by atoms with Crippen molar-refractivity contribution in [2.24, 2.45) is 5.41 Å². The summed E-state index contributed by atoms with van der Waals surface area (Å²) >= 11 is 0. The van der Waals surface area contributed by atoms with Crippen LogP contribution in [0.15, 0.2) is 10.7 Å². The SMILES string of the molecule is CCc1nc2c(N3CCC[C@]4(CCC(=O)N(C(C)C)C4)C3)ncnc2o1. The number of aryl methyl sites for hydroxylation is 1. The van der Waals surface area contributed by atoms with Crippen LogP contribution >= 0.6 is 0 Å². The number of carbonyl (C=O) groups is 1. The van der Waals surface area contributed by atoms with Crippen molar-refractivity contribution in [3.05, 3.63) is 12.2 Å². The van der Waals surface area contributed by atoms with E-state index in [2.05, 4.69) is 33.7 Å². The molecule has 0 aliphatic carbocycles. The molecule has 1 spiro atoms. The summed E-state index contributed by atoms with van der Waals surface area (Å²) in [5.74, 6) is 1.85. The molecule has 1 amide bonds. The second-order valence-corrected chi connectivity index (χ2v) is 7.95. The number of nitrogens with zero attached hydrogens (tertiary/aromatic N) is 5. The molecule has 1 atom stereocenters. The highest BCUT2D eigenvalue weighted by molar-refractivity contribution is 5.82. The Balaban J connectivity index is 1.63. The van der Waals surface area contributed by atoms with Gasteiger partial charge in [0.05, 0.1) is 0 Å². The van der Waals surface area contributed by atoms with E-state index in [-0.39, 0.29) is 17.4 Å². The molecule has 7 nitrogen and oxygen atoms in total. The minimum atomic E-state index is 0.144. The van der Waals surface area contributed by atoms with Crippen LogP contribution < -0.4 is 4.90 Å². The molecule has 4 heterocycles. The van der Waals surface area contributed by atoms with Crippen LogP contribution in [0, 0.1) is 5.41 Å². The maximum absolute atomic E-state index is 12.3. The van der Waals surface area contributed by atoms with E-state index in [0.717, 1.165) is 56.7 Å². The van der Waals surface area contributed by atoms with Crippen molar-refractivity contribution in [2.45, 2.75) is 58.9 Å². The lowest BCUT2D eigenvalue weighted by molar-refractivity contribution is -0.140. The number of hydrogen-bond donors (Lipinski definition) is 0. The Kier molecular flexibility index (Phi) is 4.32. The maximum atomic E-state index is 12.3. The molecule has 2 fully saturated rings. The highest BCUT2D eigenvalue weighted by atomic mass is 16.4. The Morgan fingerprint density at radius 3 is 2.88 bits per heavy atom. The number of hydrogen-bond acceptors (Lipinski definition) is 6. The van der Waals surface area contributed by atoms with Gasteiger partial charge in [0.2, 0.25) is 5.91 Å². The fourth-order valence-electron chi connectivity index (χ4n) is 4.40. The second-order valence-electron chi connectivity index (χ2n) is 7.95. The molecular formula is C19H27N5O2. The molecule has 0 bridgehead atoms. The predicted octanol–water partition coefficient (Wildman–Crippen LogP) is 2.80. The number of oxazole rings is 1. The standard InChI is InChI=1S/C19H27N5O2/c1-4-14-22-16-17(20-12-21-18(16)26-14)23-9-5-7-19(10-23)8-6-15(25)24(11-19)13(2)3/h12-13H,4-11H2,1-3H3/t19-/m0/s1. The smallest absolute Gasteiger partial charge is 0.252 e. The molecular weight excluding hydrogens is 330 g/mol. The van der Waals surface area contributed by atoms with E-state index in [1.807, 2.05) is 11.8 Å². The predicted molar refractivity (Wildman–Crippen MR) is 98.9 cm³/mol. The monoisotopic (exact) mass is 357 g/mol. The van der Waals surface area contributed by atoms with Gasteiger partial charge in [-0.3, -0.25) is 4.79 Å². The first-order valence-corrected chi connectivity index (χ1v) is 9.66. The van der Waals surface area contributed by atoms with E-state index in [0.29, 0.717) is 18.0 Å². The van der Waals surface area contributed by atoms with Crippen molar-refractivity contribution in [3.8, 4) is 0 Å². The van der Waals surface area contributed by atoms with Gasteiger partial charge in [0, 0.05) is 43.9 Å². The minimum absolute atomic E-state index is 0.144. The molecule has 0 saturated carbocycles. The number of aromatic nitrogens is 3. The van der Waals surface area contributed by atoms with Crippen molar-refractivity contribution in [1.82, 2.24) is 19.9 Å². The van der Waals surface area contributed by atoms with Gasteiger partial charge in [-0.15, -0.1) is 0 Å². The van der Waals surface area contributed by atoms with Gasteiger partial charge in [-0.2, -0.15) is 4.98 Å². The molecule has 2 aliphatic rings. The molecule has 0 radical (unpaired) electrons. The summed E-state index contributed by atoms with van der Waals surface area (Å²) in [6, 6.07) is 0.253. The number of piperidine rings is 2. The van der Waals surface area contributed by atoms with Gasteiger partial charge >= 0.3 is 0 Å². The average molecular weight is 357 g/mol. The normalized spacial score (nSPS) is 24.2. The Bertz CT molecular complexity index is 817. The van der Waals surface area contributed by atoms with Crippen molar-refractivity contribution >= 4 is 23.0 Å². The molecule has 7 heteroatoms. The third-order valence-corrected chi connectivity index (χ3v) is 5.80. The molecule has 0 aromatic carbocycles. The summed E-state index contributed by atoms with van der Waals surface area (Å²) in [7, 11) is 0. The molecule has 2 aromatic rings. The van der Waals surface area contributed by atoms with E-state index in [4.69, 9.17) is 4.42 Å². The molecule has 0 N–H and O–H groups in total. The Hall–Kier alpha value is -2.18. The summed E-state index contributed by atoms with van der Waals surface area (Å²) in [6.07, 6.45) is 6.17. The Morgan fingerprint density at radius 1 is 1.27 bits per heavy atom. The molecule has 2 saturated heterocycles. The highest BCUT2D eigenvalue weighted by Crippen LogP contribution is 2.41. The van der Waals surface area contributed by atoms with Gasteiger partial charge in [0.1, 0.15) is 6.33 Å². The van der Waals surface area contributed by atoms with Crippen molar-refractivity contribution in [1.29, 1.82) is 0 Å². The van der Waals surface area contributed by atoms with Crippen LogP contribution in [0.1, 0.15) is 52.3 Å². The molecule has 4 rings (SSSR count). The molecule has 140 valence electrons. The van der Waals surface area contributed by atoms with Gasteiger partial charge in [0.15, 0.2) is 17.2 Å². The number of carbonyl (C=O) groups excluding carboxylic acids is 1. The summed E-state index contributed by atoms with van der Waals surface area (Å²) in [5.41, 5.74) is 1.47. The van der Waals surface area contributed by atoms with Crippen LogP contribution in [0.25, 0.3) is 11.2 Å². The largest absolute Gasteiger partial charge is 0.422 e. The van der Waals surface area contributed by atoms with Crippen LogP contribution in [0.5, 0.6) is 0 Å². The fourth-order valence-corrected chi connectivity index (χ4v) is 4.40. The topological polar surface area (TPSA) is 75.4 Å². The first kappa shape index (κ1) is 17.2. The van der Waals surface area contributed by atoms with Crippen molar-refractivity contribution in [3.63, 3.8) is 0 Å². The van der Waals surface area contributed by atoms with Gasteiger partial charge in [-0.25, -0.2) is 9.97 Å². The lowest BCUT2D eigenvalue weighted by atomic mass is 9.73. The summed E-state index contributed by atoms with van der Waals surface area (Å²) in [5, 5.41) is 0. The zero-order valence-electron chi connectivity index (χ0n) is 15.9. The van der Waals surface area contributed by atoms with Gasteiger partial charge in [-0.05, 0) is 33.1 Å². The Morgan fingerprint density at radius 2 is 2.12 bits per heavy atom. The lowest BCUT2D eigenvalue weighted by Crippen LogP contribution is -2.55. The zero-order valence-corrected chi connectivity index (χ0v) is 15.9. The van der Waals surface area contributed by atoms with Crippen LogP contribution in [0.3, 0.4) is 0 Å².